The maximum atomic E-state index is 13.7. The van der Waals surface area contributed by atoms with E-state index in [2.05, 4.69) is 0 Å². The summed E-state index contributed by atoms with van der Waals surface area (Å²) < 4.78 is 36.5. The zero-order chi connectivity index (χ0) is 15.4. The van der Waals surface area contributed by atoms with Gasteiger partial charge in [-0.05, 0) is 30.3 Å². The fraction of sp³-hybridized carbons (Fsp3) is 0.133. The molecule has 0 saturated carbocycles. The van der Waals surface area contributed by atoms with Crippen LogP contribution in [0.1, 0.15) is 15.9 Å². The van der Waals surface area contributed by atoms with Gasteiger partial charge in [0.1, 0.15) is 24.0 Å². The highest BCUT2D eigenvalue weighted by Crippen LogP contribution is 2.18. The number of hydrogen-bond acceptors (Lipinski definition) is 4. The van der Waals surface area contributed by atoms with Crippen molar-refractivity contribution in [2.75, 3.05) is 12.8 Å². The molecule has 2 aromatic carbocycles. The number of nitrogens with two attached hydrogens (primary N) is 1. The minimum Gasteiger partial charge on any atom is -0.497 e. The second kappa shape index (κ2) is 6.21. The highest BCUT2D eigenvalue weighted by molar-refractivity contribution is 5.90. The van der Waals surface area contributed by atoms with Gasteiger partial charge in [0.05, 0.1) is 18.4 Å². The first kappa shape index (κ1) is 14.8. The lowest BCUT2D eigenvalue weighted by Crippen LogP contribution is -2.07. The number of nitrogen functional groups attached to an aromatic ring is 1. The van der Waals surface area contributed by atoms with Gasteiger partial charge in [0.15, 0.2) is 0 Å². The summed E-state index contributed by atoms with van der Waals surface area (Å²) in [6.45, 7) is -0.244. The van der Waals surface area contributed by atoms with Crippen LogP contribution in [0.4, 0.5) is 14.5 Å². The van der Waals surface area contributed by atoms with Gasteiger partial charge in [-0.2, -0.15) is 0 Å². The first-order valence-electron chi connectivity index (χ1n) is 6.06. The highest BCUT2D eigenvalue weighted by Gasteiger charge is 2.11. The maximum Gasteiger partial charge on any atom is 0.338 e. The average molecular weight is 293 g/mol. The second-order valence-corrected chi connectivity index (χ2v) is 4.27. The third kappa shape index (κ3) is 3.47. The molecule has 21 heavy (non-hydrogen) atoms. The number of methoxy groups -OCH3 is 1. The van der Waals surface area contributed by atoms with E-state index >= 15 is 0 Å². The minimum atomic E-state index is -0.711. The number of esters is 1. The van der Waals surface area contributed by atoms with E-state index in [1.165, 1.54) is 31.4 Å². The van der Waals surface area contributed by atoms with E-state index in [1.54, 1.807) is 6.07 Å². The van der Waals surface area contributed by atoms with E-state index in [4.69, 9.17) is 15.2 Å². The van der Waals surface area contributed by atoms with E-state index in [1.807, 2.05) is 0 Å². The molecule has 0 aromatic heterocycles. The van der Waals surface area contributed by atoms with Gasteiger partial charge in [0, 0.05) is 11.6 Å². The Balaban J connectivity index is 2.05. The van der Waals surface area contributed by atoms with E-state index in [0.29, 0.717) is 5.75 Å². The lowest BCUT2D eigenvalue weighted by atomic mass is 10.2. The number of rotatable bonds is 4. The molecule has 110 valence electrons. The van der Waals surface area contributed by atoms with Crippen LogP contribution in [0.25, 0.3) is 0 Å². The summed E-state index contributed by atoms with van der Waals surface area (Å²) in [4.78, 5) is 11.8. The first-order chi connectivity index (χ1) is 10.0. The molecule has 0 unspecified atom stereocenters. The molecular formula is C15H13F2NO3. The van der Waals surface area contributed by atoms with Gasteiger partial charge in [-0.3, -0.25) is 0 Å². The van der Waals surface area contributed by atoms with Gasteiger partial charge in [0.25, 0.3) is 0 Å². The molecule has 0 aliphatic rings. The molecular weight excluding hydrogens is 280 g/mol. The monoisotopic (exact) mass is 293 g/mol. The van der Waals surface area contributed by atoms with Crippen molar-refractivity contribution in [1.29, 1.82) is 0 Å². The average Bonchev–Trinajstić information content (AvgIpc) is 2.48. The van der Waals surface area contributed by atoms with Crippen LogP contribution in [0.5, 0.6) is 5.75 Å². The topological polar surface area (TPSA) is 61.5 Å². The lowest BCUT2D eigenvalue weighted by molar-refractivity contribution is 0.0469. The Bertz CT molecular complexity index is 674. The van der Waals surface area contributed by atoms with Crippen LogP contribution >= 0.6 is 0 Å². The summed E-state index contributed by atoms with van der Waals surface area (Å²) in [5, 5.41) is 0. The largest absolute Gasteiger partial charge is 0.497 e. The second-order valence-electron chi connectivity index (χ2n) is 4.27. The van der Waals surface area contributed by atoms with Gasteiger partial charge in [-0.25, -0.2) is 13.6 Å². The quantitative estimate of drug-likeness (QED) is 0.695. The molecule has 2 rings (SSSR count). The van der Waals surface area contributed by atoms with E-state index in [0.717, 1.165) is 6.07 Å². The molecule has 2 aromatic rings. The molecule has 4 nitrogen and oxygen atoms in total. The number of benzene rings is 2. The van der Waals surface area contributed by atoms with Crippen molar-refractivity contribution < 1.29 is 23.0 Å². The summed E-state index contributed by atoms with van der Waals surface area (Å²) in [6.07, 6.45) is 0. The van der Waals surface area contributed by atoms with Gasteiger partial charge >= 0.3 is 5.97 Å². The molecule has 0 fully saturated rings. The fourth-order valence-corrected chi connectivity index (χ4v) is 1.67. The smallest absolute Gasteiger partial charge is 0.338 e. The van der Waals surface area contributed by atoms with Gasteiger partial charge in [0.2, 0.25) is 0 Å². The van der Waals surface area contributed by atoms with Crippen molar-refractivity contribution in [2.24, 2.45) is 0 Å². The van der Waals surface area contributed by atoms with Crippen molar-refractivity contribution in [3.8, 4) is 5.75 Å². The molecule has 0 spiro atoms. The van der Waals surface area contributed by atoms with Crippen LogP contribution in [0.15, 0.2) is 36.4 Å². The number of anilines is 1. The number of halogens is 2. The molecule has 6 heteroatoms. The van der Waals surface area contributed by atoms with Gasteiger partial charge in [-0.1, -0.05) is 0 Å². The molecule has 0 radical (unpaired) electrons. The van der Waals surface area contributed by atoms with Gasteiger partial charge in [-0.15, -0.1) is 0 Å². The van der Waals surface area contributed by atoms with Crippen LogP contribution in [-0.2, 0) is 11.3 Å². The summed E-state index contributed by atoms with van der Waals surface area (Å²) in [7, 11) is 1.42. The minimum absolute atomic E-state index is 0.0998. The SMILES string of the molecule is COc1ccc(COC(=O)c2ccc(F)c(N)c2)c(F)c1. The number of hydrogen-bond donors (Lipinski definition) is 1. The number of carbonyl (C=O) groups is 1. The summed E-state index contributed by atoms with van der Waals surface area (Å²) in [6, 6.07) is 7.70. The Morgan fingerprint density at radius 3 is 2.52 bits per heavy atom. The molecule has 0 saturated heterocycles. The molecule has 0 atom stereocenters. The fourth-order valence-electron chi connectivity index (χ4n) is 1.67. The zero-order valence-corrected chi connectivity index (χ0v) is 11.2. The molecule has 0 aliphatic heterocycles. The Labute approximate surface area is 120 Å². The van der Waals surface area contributed by atoms with Crippen LogP contribution in [0, 0.1) is 11.6 Å². The van der Waals surface area contributed by atoms with Crippen molar-refractivity contribution >= 4 is 11.7 Å². The van der Waals surface area contributed by atoms with Crippen LogP contribution < -0.4 is 10.5 Å². The number of carbonyl (C=O) groups excluding carboxylic acids is 1. The van der Waals surface area contributed by atoms with Crippen LogP contribution in [0.2, 0.25) is 0 Å². The molecule has 0 aliphatic carbocycles. The molecule has 0 heterocycles. The van der Waals surface area contributed by atoms with E-state index < -0.39 is 17.6 Å². The maximum absolute atomic E-state index is 13.7. The van der Waals surface area contributed by atoms with E-state index in [9.17, 15) is 13.6 Å². The molecule has 0 amide bonds. The van der Waals surface area contributed by atoms with Gasteiger partial charge < -0.3 is 15.2 Å². The Kier molecular flexibility index (Phi) is 4.37. The zero-order valence-electron chi connectivity index (χ0n) is 11.2. The Morgan fingerprint density at radius 2 is 1.90 bits per heavy atom. The third-order valence-corrected chi connectivity index (χ3v) is 2.85. The normalized spacial score (nSPS) is 10.2. The first-order valence-corrected chi connectivity index (χ1v) is 6.06. The van der Waals surface area contributed by atoms with Crippen molar-refractivity contribution in [3.05, 3.63) is 59.2 Å². The lowest BCUT2D eigenvalue weighted by Gasteiger charge is -2.08. The third-order valence-electron chi connectivity index (χ3n) is 2.85. The predicted molar refractivity (Wildman–Crippen MR) is 72.9 cm³/mol. The van der Waals surface area contributed by atoms with Crippen molar-refractivity contribution in [2.45, 2.75) is 6.61 Å². The Hall–Kier alpha value is -2.63. The standard InChI is InChI=1S/C15H13F2NO3/c1-20-11-4-2-10(13(17)7-11)8-21-15(19)9-3-5-12(16)14(18)6-9/h2-7H,8,18H2,1H3. The van der Waals surface area contributed by atoms with Crippen LogP contribution in [-0.4, -0.2) is 13.1 Å². The summed E-state index contributed by atoms with van der Waals surface area (Å²) >= 11 is 0. The van der Waals surface area contributed by atoms with Crippen molar-refractivity contribution in [1.82, 2.24) is 0 Å². The number of ether oxygens (including phenoxy) is 2. The highest BCUT2D eigenvalue weighted by atomic mass is 19.1. The van der Waals surface area contributed by atoms with Crippen molar-refractivity contribution in [3.63, 3.8) is 0 Å². The summed E-state index contributed by atoms with van der Waals surface area (Å²) in [5.74, 6) is -1.50. The predicted octanol–water partition coefficient (Wildman–Crippen LogP) is 2.91. The summed E-state index contributed by atoms with van der Waals surface area (Å²) in [5.41, 5.74) is 5.52. The van der Waals surface area contributed by atoms with E-state index in [-0.39, 0.29) is 23.4 Å². The molecule has 2 N–H and O–H groups in total. The molecule has 0 bridgehead atoms. The Morgan fingerprint density at radius 1 is 1.14 bits per heavy atom. The van der Waals surface area contributed by atoms with Crippen LogP contribution in [0.3, 0.4) is 0 Å².